The van der Waals surface area contributed by atoms with Gasteiger partial charge in [0.05, 0.1) is 0 Å². The highest BCUT2D eigenvalue weighted by Crippen LogP contribution is 2.27. The third-order valence-corrected chi connectivity index (χ3v) is 4.17. The number of thioether (sulfide) groups is 1. The van der Waals surface area contributed by atoms with Crippen LogP contribution in [0.15, 0.2) is 0 Å². The summed E-state index contributed by atoms with van der Waals surface area (Å²) in [6.45, 7) is 4.20. The van der Waals surface area contributed by atoms with Crippen LogP contribution in [-0.4, -0.2) is 34.2 Å². The first-order chi connectivity index (χ1) is 7.10. The Morgan fingerprint density at radius 1 is 1.67 bits per heavy atom. The van der Waals surface area contributed by atoms with Crippen LogP contribution in [0.2, 0.25) is 0 Å². The van der Waals surface area contributed by atoms with Crippen molar-refractivity contribution in [2.75, 3.05) is 11.5 Å². The first-order valence-corrected chi connectivity index (χ1v) is 6.85. The first-order valence-electron chi connectivity index (χ1n) is 5.69. The maximum absolute atomic E-state index is 11.3. The highest BCUT2D eigenvalue weighted by atomic mass is 32.2. The molecule has 0 radical (unpaired) electrons. The van der Waals surface area contributed by atoms with Crippen molar-refractivity contribution in [3.8, 4) is 0 Å². The second kappa shape index (κ2) is 5.75. The smallest absolute Gasteiger partial charge is 0.324 e. The number of rotatable bonds is 5. The maximum Gasteiger partial charge on any atom is 0.324 e. The molecule has 1 rings (SSSR count). The molecule has 88 valence electrons. The molecule has 1 fully saturated rings. The standard InChI is InChI=1S/C11H21NO2S/c1-3-5-9(2)12-11(10(13)14)6-4-7-15-8-11/h9,12H,3-8H2,1-2H3,(H,13,14). The molecule has 0 aromatic carbocycles. The van der Waals surface area contributed by atoms with Gasteiger partial charge in [-0.15, -0.1) is 0 Å². The van der Waals surface area contributed by atoms with Gasteiger partial charge in [0.25, 0.3) is 0 Å². The summed E-state index contributed by atoms with van der Waals surface area (Å²) in [7, 11) is 0. The van der Waals surface area contributed by atoms with Crippen molar-refractivity contribution in [3.63, 3.8) is 0 Å². The third kappa shape index (κ3) is 3.38. The van der Waals surface area contributed by atoms with Gasteiger partial charge in [-0.1, -0.05) is 13.3 Å². The number of hydrogen-bond acceptors (Lipinski definition) is 3. The number of carboxylic acid groups (broad SMARTS) is 1. The lowest BCUT2D eigenvalue weighted by atomic mass is 9.94. The minimum absolute atomic E-state index is 0.296. The van der Waals surface area contributed by atoms with E-state index in [2.05, 4.69) is 19.2 Å². The van der Waals surface area contributed by atoms with Crippen LogP contribution in [0.4, 0.5) is 0 Å². The van der Waals surface area contributed by atoms with Crippen LogP contribution in [-0.2, 0) is 4.79 Å². The number of carboxylic acids is 1. The summed E-state index contributed by atoms with van der Waals surface area (Å²) >= 11 is 1.75. The molecule has 1 aliphatic heterocycles. The third-order valence-electron chi connectivity index (χ3n) is 2.89. The summed E-state index contributed by atoms with van der Waals surface area (Å²) in [5.74, 6) is 1.12. The highest BCUT2D eigenvalue weighted by molar-refractivity contribution is 7.99. The van der Waals surface area contributed by atoms with Gasteiger partial charge in [0.2, 0.25) is 0 Å². The molecule has 0 saturated carbocycles. The van der Waals surface area contributed by atoms with E-state index in [-0.39, 0.29) is 0 Å². The average Bonchev–Trinajstić information content (AvgIpc) is 2.19. The Hall–Kier alpha value is -0.220. The Morgan fingerprint density at radius 2 is 2.40 bits per heavy atom. The van der Waals surface area contributed by atoms with E-state index in [1.54, 1.807) is 11.8 Å². The molecule has 0 aromatic rings. The molecule has 0 aliphatic carbocycles. The van der Waals surface area contributed by atoms with Gasteiger partial charge in [0, 0.05) is 11.8 Å². The van der Waals surface area contributed by atoms with E-state index in [1.165, 1.54) is 0 Å². The molecule has 2 N–H and O–H groups in total. The van der Waals surface area contributed by atoms with Crippen LogP contribution in [0.5, 0.6) is 0 Å². The number of carbonyl (C=O) groups is 1. The van der Waals surface area contributed by atoms with Crippen molar-refractivity contribution < 1.29 is 9.90 Å². The second-order valence-electron chi connectivity index (χ2n) is 4.38. The van der Waals surface area contributed by atoms with E-state index >= 15 is 0 Å². The zero-order valence-corrected chi connectivity index (χ0v) is 10.4. The van der Waals surface area contributed by atoms with Crippen LogP contribution in [0, 0.1) is 0 Å². The van der Waals surface area contributed by atoms with Gasteiger partial charge in [0.1, 0.15) is 5.54 Å². The van der Waals surface area contributed by atoms with Gasteiger partial charge >= 0.3 is 5.97 Å². The zero-order valence-electron chi connectivity index (χ0n) is 9.58. The molecule has 0 aromatic heterocycles. The predicted octanol–water partition coefficient (Wildman–Crippen LogP) is 2.12. The molecule has 1 aliphatic rings. The number of aliphatic carboxylic acids is 1. The predicted molar refractivity (Wildman–Crippen MR) is 64.4 cm³/mol. The van der Waals surface area contributed by atoms with Crippen LogP contribution in [0.3, 0.4) is 0 Å². The van der Waals surface area contributed by atoms with Crippen molar-refractivity contribution in [1.29, 1.82) is 0 Å². The number of hydrogen-bond donors (Lipinski definition) is 2. The minimum atomic E-state index is -0.683. The lowest BCUT2D eigenvalue weighted by Crippen LogP contribution is -2.58. The van der Waals surface area contributed by atoms with Gasteiger partial charge in [0.15, 0.2) is 0 Å². The van der Waals surface area contributed by atoms with Gasteiger partial charge < -0.3 is 5.11 Å². The van der Waals surface area contributed by atoms with E-state index in [4.69, 9.17) is 0 Å². The average molecular weight is 231 g/mol. The Bertz CT molecular complexity index is 215. The van der Waals surface area contributed by atoms with Gasteiger partial charge in [-0.2, -0.15) is 11.8 Å². The maximum atomic E-state index is 11.3. The van der Waals surface area contributed by atoms with Gasteiger partial charge in [-0.05, 0) is 31.9 Å². The first kappa shape index (κ1) is 12.8. The fourth-order valence-electron chi connectivity index (χ4n) is 2.12. The van der Waals surface area contributed by atoms with E-state index in [0.29, 0.717) is 11.8 Å². The Kier molecular flexibility index (Phi) is 4.93. The Balaban J connectivity index is 2.60. The Morgan fingerprint density at radius 3 is 2.87 bits per heavy atom. The van der Waals surface area contributed by atoms with Crippen LogP contribution in [0.25, 0.3) is 0 Å². The van der Waals surface area contributed by atoms with Crippen molar-refractivity contribution >= 4 is 17.7 Å². The van der Waals surface area contributed by atoms with Gasteiger partial charge in [-0.3, -0.25) is 10.1 Å². The summed E-state index contributed by atoms with van der Waals surface area (Å²) in [6, 6.07) is 0.296. The largest absolute Gasteiger partial charge is 0.480 e. The topological polar surface area (TPSA) is 49.3 Å². The molecule has 3 nitrogen and oxygen atoms in total. The molecule has 15 heavy (non-hydrogen) atoms. The van der Waals surface area contributed by atoms with E-state index in [9.17, 15) is 9.90 Å². The molecular formula is C11H21NO2S. The van der Waals surface area contributed by atoms with Crippen molar-refractivity contribution in [1.82, 2.24) is 5.32 Å². The monoisotopic (exact) mass is 231 g/mol. The lowest BCUT2D eigenvalue weighted by Gasteiger charge is -2.36. The van der Waals surface area contributed by atoms with Crippen molar-refractivity contribution in [2.45, 2.75) is 51.1 Å². The number of nitrogens with one attached hydrogen (secondary N) is 1. The summed E-state index contributed by atoms with van der Waals surface area (Å²) in [6.07, 6.45) is 3.91. The molecule has 2 unspecified atom stereocenters. The molecule has 1 heterocycles. The fraction of sp³-hybridized carbons (Fsp3) is 0.909. The summed E-state index contributed by atoms with van der Waals surface area (Å²) in [4.78, 5) is 11.3. The zero-order chi connectivity index (χ0) is 11.3. The minimum Gasteiger partial charge on any atom is -0.480 e. The molecule has 2 atom stereocenters. The SMILES string of the molecule is CCCC(C)NC1(C(=O)O)CCCSC1. The van der Waals surface area contributed by atoms with Gasteiger partial charge in [-0.25, -0.2) is 0 Å². The van der Waals surface area contributed by atoms with Crippen LogP contribution in [0.1, 0.15) is 39.5 Å². The Labute approximate surface area is 96.0 Å². The van der Waals surface area contributed by atoms with Crippen molar-refractivity contribution in [2.24, 2.45) is 0 Å². The van der Waals surface area contributed by atoms with Crippen LogP contribution >= 0.6 is 11.8 Å². The van der Waals surface area contributed by atoms with Crippen molar-refractivity contribution in [3.05, 3.63) is 0 Å². The molecule has 0 bridgehead atoms. The van der Waals surface area contributed by atoms with E-state index < -0.39 is 11.5 Å². The fourth-order valence-corrected chi connectivity index (χ4v) is 3.31. The lowest BCUT2D eigenvalue weighted by molar-refractivity contribution is -0.144. The van der Waals surface area contributed by atoms with E-state index in [1.807, 2.05) is 0 Å². The summed E-state index contributed by atoms with van der Waals surface area (Å²) in [5.41, 5.74) is -0.669. The normalized spacial score (nSPS) is 28.7. The molecule has 0 amide bonds. The molecule has 1 saturated heterocycles. The molecular weight excluding hydrogens is 210 g/mol. The highest BCUT2D eigenvalue weighted by Gasteiger charge is 2.40. The molecule has 0 spiro atoms. The van der Waals surface area contributed by atoms with E-state index in [0.717, 1.165) is 31.4 Å². The summed E-state index contributed by atoms with van der Waals surface area (Å²) < 4.78 is 0. The molecule has 4 heteroatoms. The second-order valence-corrected chi connectivity index (χ2v) is 5.48. The van der Waals surface area contributed by atoms with Crippen LogP contribution < -0.4 is 5.32 Å². The quantitative estimate of drug-likeness (QED) is 0.761. The summed E-state index contributed by atoms with van der Waals surface area (Å²) in [5, 5.41) is 12.6.